The second kappa shape index (κ2) is 8.38. The molecule has 0 aromatic heterocycles. The van der Waals surface area contributed by atoms with E-state index in [2.05, 4.69) is 47.6 Å². The van der Waals surface area contributed by atoms with Crippen LogP contribution in [0.25, 0.3) is 0 Å². The molecule has 9 atom stereocenters. The van der Waals surface area contributed by atoms with E-state index >= 15 is 0 Å². The Balaban J connectivity index is 0.00000119. The van der Waals surface area contributed by atoms with Gasteiger partial charge in [0.25, 0.3) is 0 Å². The van der Waals surface area contributed by atoms with Crippen molar-refractivity contribution in [3.8, 4) is 0 Å². The summed E-state index contributed by atoms with van der Waals surface area (Å²) in [4.78, 5) is 0. The van der Waals surface area contributed by atoms with Gasteiger partial charge in [-0.3, -0.25) is 0 Å². The molecule has 0 bridgehead atoms. The molecule has 1 aliphatic heterocycles. The van der Waals surface area contributed by atoms with Crippen molar-refractivity contribution in [2.75, 3.05) is 7.11 Å². The van der Waals surface area contributed by atoms with Gasteiger partial charge in [0.1, 0.15) is 0 Å². The predicted octanol–water partition coefficient (Wildman–Crippen LogP) is 6.52. The van der Waals surface area contributed by atoms with Gasteiger partial charge >= 0.3 is 0 Å². The van der Waals surface area contributed by atoms with Gasteiger partial charge < -0.3 is 14.9 Å². The van der Waals surface area contributed by atoms with Gasteiger partial charge in [0.05, 0.1) is 17.8 Å². The zero-order valence-electron chi connectivity index (χ0n) is 21.9. The first-order valence-corrected chi connectivity index (χ1v) is 13.4. The van der Waals surface area contributed by atoms with Crippen molar-refractivity contribution in [1.29, 1.82) is 0 Å². The number of aliphatic hydroxyl groups excluding tert-OH is 2. The maximum Gasteiger partial charge on any atom is 0.0662 e. The first kappa shape index (κ1) is 24.7. The molecule has 184 valence electrons. The van der Waals surface area contributed by atoms with Crippen molar-refractivity contribution < 1.29 is 14.9 Å². The minimum Gasteiger partial charge on any atom is -0.400 e. The molecule has 5 aliphatic rings. The van der Waals surface area contributed by atoms with Crippen LogP contribution in [0, 0.1) is 39.9 Å². The average molecular weight is 447 g/mol. The van der Waals surface area contributed by atoms with Crippen LogP contribution in [-0.2, 0) is 4.74 Å². The fourth-order valence-electron chi connectivity index (χ4n) is 8.91. The second-order valence-electron chi connectivity index (χ2n) is 13.9. The van der Waals surface area contributed by atoms with Gasteiger partial charge in [0.15, 0.2) is 0 Å². The molecule has 0 aromatic rings. The Morgan fingerprint density at radius 3 is 2.44 bits per heavy atom. The smallest absolute Gasteiger partial charge is 0.0662 e. The Bertz CT molecular complexity index is 722. The first-order valence-electron chi connectivity index (χ1n) is 13.4. The lowest BCUT2D eigenvalue weighted by molar-refractivity contribution is -0.0639. The third-order valence-corrected chi connectivity index (χ3v) is 10.8. The Kier molecular flexibility index (Phi) is 6.48. The van der Waals surface area contributed by atoms with E-state index in [1.807, 2.05) is 0 Å². The number of aliphatic hydroxyl groups is 2. The number of hydrogen-bond acceptors (Lipinski definition) is 3. The van der Waals surface area contributed by atoms with E-state index in [9.17, 15) is 5.11 Å². The molecule has 3 heteroatoms. The summed E-state index contributed by atoms with van der Waals surface area (Å²) in [6, 6.07) is 0. The Hall–Kier alpha value is -0.380. The van der Waals surface area contributed by atoms with E-state index < -0.39 is 0 Å². The molecule has 1 saturated heterocycles. The molecule has 4 aliphatic carbocycles. The quantitative estimate of drug-likeness (QED) is 0.475. The molecule has 0 radical (unpaired) electrons. The van der Waals surface area contributed by atoms with Crippen molar-refractivity contribution in [3.63, 3.8) is 0 Å². The minimum atomic E-state index is -0.0975. The van der Waals surface area contributed by atoms with Crippen LogP contribution in [0.4, 0.5) is 0 Å². The molecule has 4 fully saturated rings. The summed E-state index contributed by atoms with van der Waals surface area (Å²) in [5.74, 6) is 3.26. The van der Waals surface area contributed by atoms with E-state index in [0.29, 0.717) is 22.3 Å². The van der Waals surface area contributed by atoms with Crippen LogP contribution in [-0.4, -0.2) is 35.1 Å². The average Bonchev–Trinajstić information content (AvgIpc) is 3.20. The third kappa shape index (κ3) is 4.03. The van der Waals surface area contributed by atoms with Crippen LogP contribution in [0.1, 0.15) is 106 Å². The fourth-order valence-corrected chi connectivity index (χ4v) is 8.91. The molecule has 3 saturated carbocycles. The van der Waals surface area contributed by atoms with Crippen LogP contribution >= 0.6 is 0 Å². The number of rotatable bonds is 2. The Morgan fingerprint density at radius 2 is 1.75 bits per heavy atom. The van der Waals surface area contributed by atoms with Gasteiger partial charge in [0.2, 0.25) is 0 Å². The monoisotopic (exact) mass is 446 g/mol. The lowest BCUT2D eigenvalue weighted by Crippen LogP contribution is -2.50. The highest BCUT2D eigenvalue weighted by atomic mass is 16.5. The van der Waals surface area contributed by atoms with Gasteiger partial charge in [-0.2, -0.15) is 0 Å². The lowest BCUT2D eigenvalue weighted by atomic mass is 9.47. The molecule has 2 N–H and O–H groups in total. The summed E-state index contributed by atoms with van der Waals surface area (Å²) in [5, 5.41) is 17.2. The summed E-state index contributed by atoms with van der Waals surface area (Å²) in [5.41, 5.74) is 2.91. The number of fused-ring (bicyclic) bond motifs is 7. The Labute approximate surface area is 197 Å². The summed E-state index contributed by atoms with van der Waals surface area (Å²) in [7, 11) is 1.00. The van der Waals surface area contributed by atoms with Gasteiger partial charge in [-0.1, -0.05) is 46.3 Å². The number of ether oxygens (including phenoxy) is 1. The summed E-state index contributed by atoms with van der Waals surface area (Å²) >= 11 is 0. The summed E-state index contributed by atoms with van der Waals surface area (Å²) in [6.45, 7) is 14.7. The Morgan fingerprint density at radius 1 is 1.03 bits per heavy atom. The predicted molar refractivity (Wildman–Crippen MR) is 131 cm³/mol. The minimum absolute atomic E-state index is 0.0958. The van der Waals surface area contributed by atoms with Gasteiger partial charge in [-0.15, -0.1) is 0 Å². The maximum atomic E-state index is 10.2. The van der Waals surface area contributed by atoms with E-state index in [4.69, 9.17) is 9.84 Å². The molecule has 0 spiro atoms. The molecule has 32 heavy (non-hydrogen) atoms. The zero-order valence-corrected chi connectivity index (χ0v) is 21.9. The van der Waals surface area contributed by atoms with E-state index in [0.717, 1.165) is 43.6 Å². The van der Waals surface area contributed by atoms with Crippen molar-refractivity contribution in [1.82, 2.24) is 0 Å². The van der Waals surface area contributed by atoms with E-state index in [1.165, 1.54) is 51.4 Å². The number of hydrogen-bond donors (Lipinski definition) is 2. The lowest BCUT2D eigenvalue weighted by Gasteiger charge is -2.58. The van der Waals surface area contributed by atoms with Crippen molar-refractivity contribution in [2.24, 2.45) is 39.9 Å². The summed E-state index contributed by atoms with van der Waals surface area (Å²) in [6.07, 6.45) is 15.2. The van der Waals surface area contributed by atoms with Gasteiger partial charge in [0, 0.05) is 7.11 Å². The highest BCUT2D eigenvalue weighted by Gasteiger charge is 2.64. The second-order valence-corrected chi connectivity index (χ2v) is 13.9. The van der Waals surface area contributed by atoms with E-state index in [1.54, 1.807) is 5.57 Å². The molecule has 0 amide bonds. The van der Waals surface area contributed by atoms with E-state index in [-0.39, 0.29) is 11.7 Å². The molecule has 9 unspecified atom stereocenters. The first-order chi connectivity index (χ1) is 14.9. The normalized spacial score (nSPS) is 49.7. The summed E-state index contributed by atoms with van der Waals surface area (Å²) < 4.78 is 6.90. The van der Waals surface area contributed by atoms with Gasteiger partial charge in [-0.25, -0.2) is 0 Å². The maximum absolute atomic E-state index is 10.2. The molecule has 3 nitrogen and oxygen atoms in total. The molecular weight excluding hydrogens is 396 g/mol. The number of allylic oxidation sites excluding steroid dienone is 1. The largest absolute Gasteiger partial charge is 0.400 e. The van der Waals surface area contributed by atoms with Crippen molar-refractivity contribution in [2.45, 2.75) is 124 Å². The fraction of sp³-hybridized carbons (Fsp3) is 0.931. The highest BCUT2D eigenvalue weighted by molar-refractivity contribution is 5.26. The standard InChI is InChI=1S/C28H46O2.CH4O/c1-25(2,3)13-14-26(4)17-23-24(30-26)16-22-20-8-7-18-15-19(29)9-11-27(18,5)21(20)10-12-28(22,23)6;1-2/h7,19-24,29H,8-17H2,1-6H3;2H,1H3. The van der Waals surface area contributed by atoms with Crippen molar-refractivity contribution in [3.05, 3.63) is 11.6 Å². The SMILES string of the molecule is CC(C)(C)CCC1(C)CC2C(CC3C4CC=C5CC(O)CCC5(C)C4CCC23C)O1.CO. The molecule has 1 heterocycles. The molecule has 0 aromatic carbocycles. The van der Waals surface area contributed by atoms with Crippen LogP contribution in [0.5, 0.6) is 0 Å². The van der Waals surface area contributed by atoms with Crippen LogP contribution in [0.15, 0.2) is 11.6 Å². The van der Waals surface area contributed by atoms with Gasteiger partial charge in [-0.05, 0) is 111 Å². The van der Waals surface area contributed by atoms with Crippen LogP contribution < -0.4 is 0 Å². The highest BCUT2D eigenvalue weighted by Crippen LogP contribution is 2.69. The topological polar surface area (TPSA) is 49.7 Å². The van der Waals surface area contributed by atoms with Crippen LogP contribution in [0.3, 0.4) is 0 Å². The van der Waals surface area contributed by atoms with Crippen LogP contribution in [0.2, 0.25) is 0 Å². The van der Waals surface area contributed by atoms with Crippen molar-refractivity contribution >= 4 is 0 Å². The molecule has 5 rings (SSSR count). The molecular formula is C29H50O3. The zero-order chi connectivity index (χ0) is 23.5. The third-order valence-electron chi connectivity index (χ3n) is 10.8.